The van der Waals surface area contributed by atoms with Gasteiger partial charge in [-0.1, -0.05) is 12.2 Å². The Morgan fingerprint density at radius 2 is 2.42 bits per heavy atom. The normalized spacial score (nSPS) is 42.2. The summed E-state index contributed by atoms with van der Waals surface area (Å²) in [4.78, 5) is 2.50. The number of rotatable bonds is 1. The molecular formula is C10H17NO. The van der Waals surface area contributed by atoms with Gasteiger partial charge in [0, 0.05) is 25.7 Å². The van der Waals surface area contributed by atoms with Crippen LogP contribution >= 0.6 is 0 Å². The van der Waals surface area contributed by atoms with E-state index in [4.69, 9.17) is 4.74 Å². The first kappa shape index (κ1) is 8.27. The molecular weight excluding hydrogens is 150 g/mol. The maximum Gasteiger partial charge on any atom is 0.0716 e. The smallest absolute Gasteiger partial charge is 0.0716 e. The largest absolute Gasteiger partial charge is 0.380 e. The molecule has 0 amide bonds. The molecule has 2 saturated heterocycles. The monoisotopic (exact) mass is 167 g/mol. The molecule has 0 aromatic rings. The van der Waals surface area contributed by atoms with Crippen LogP contribution in [-0.4, -0.2) is 36.7 Å². The minimum Gasteiger partial charge on any atom is -0.380 e. The van der Waals surface area contributed by atoms with Gasteiger partial charge in [-0.3, -0.25) is 4.90 Å². The van der Waals surface area contributed by atoms with Crippen molar-refractivity contribution in [3.63, 3.8) is 0 Å². The average Bonchev–Trinajstić information content (AvgIpc) is 2.38. The molecule has 2 fully saturated rings. The standard InChI is InChI=1S/C10H17NO/c1-8-4-10(2)5-9(12-3)7-11(10)6-8/h9H,1,4-7H2,2-3H3/t9?,10-/m0/s1. The third kappa shape index (κ3) is 1.10. The molecule has 2 heteroatoms. The lowest BCUT2D eigenvalue weighted by molar-refractivity contribution is 0.109. The summed E-state index contributed by atoms with van der Waals surface area (Å²) < 4.78 is 5.38. The lowest BCUT2D eigenvalue weighted by Crippen LogP contribution is -2.34. The highest BCUT2D eigenvalue weighted by Crippen LogP contribution is 2.40. The summed E-state index contributed by atoms with van der Waals surface area (Å²) in [5.74, 6) is 0. The third-order valence-electron chi connectivity index (χ3n) is 3.23. The molecule has 2 nitrogen and oxygen atoms in total. The lowest BCUT2D eigenvalue weighted by Gasteiger charge is -2.25. The van der Waals surface area contributed by atoms with Crippen molar-refractivity contribution in [2.75, 3.05) is 20.2 Å². The summed E-state index contributed by atoms with van der Waals surface area (Å²) >= 11 is 0. The summed E-state index contributed by atoms with van der Waals surface area (Å²) in [5.41, 5.74) is 1.74. The molecule has 12 heavy (non-hydrogen) atoms. The Balaban J connectivity index is 2.11. The van der Waals surface area contributed by atoms with Gasteiger partial charge in [0.15, 0.2) is 0 Å². The second kappa shape index (κ2) is 2.57. The van der Waals surface area contributed by atoms with Crippen molar-refractivity contribution in [1.82, 2.24) is 4.90 Å². The van der Waals surface area contributed by atoms with E-state index < -0.39 is 0 Å². The van der Waals surface area contributed by atoms with Gasteiger partial charge in [0.25, 0.3) is 0 Å². The second-order valence-corrected chi connectivity index (χ2v) is 4.37. The van der Waals surface area contributed by atoms with E-state index in [0.29, 0.717) is 11.6 Å². The molecule has 2 aliphatic heterocycles. The van der Waals surface area contributed by atoms with Gasteiger partial charge >= 0.3 is 0 Å². The maximum absolute atomic E-state index is 5.38. The molecule has 0 N–H and O–H groups in total. The van der Waals surface area contributed by atoms with Crippen molar-refractivity contribution in [3.8, 4) is 0 Å². The van der Waals surface area contributed by atoms with E-state index in [1.807, 2.05) is 7.11 Å². The molecule has 2 aliphatic rings. The Hall–Kier alpha value is -0.340. The first-order valence-electron chi connectivity index (χ1n) is 4.58. The molecule has 0 aliphatic carbocycles. The number of methoxy groups -OCH3 is 1. The predicted octanol–water partition coefficient (Wildman–Crippen LogP) is 1.43. The predicted molar refractivity (Wildman–Crippen MR) is 49.1 cm³/mol. The van der Waals surface area contributed by atoms with E-state index >= 15 is 0 Å². The van der Waals surface area contributed by atoms with E-state index in [1.54, 1.807) is 0 Å². The zero-order valence-corrected chi connectivity index (χ0v) is 7.97. The van der Waals surface area contributed by atoms with Crippen LogP contribution in [-0.2, 0) is 4.74 Å². The van der Waals surface area contributed by atoms with Gasteiger partial charge < -0.3 is 4.74 Å². The molecule has 0 bridgehead atoms. The van der Waals surface area contributed by atoms with Crippen LogP contribution in [0.3, 0.4) is 0 Å². The molecule has 2 rings (SSSR count). The van der Waals surface area contributed by atoms with Gasteiger partial charge in [0.2, 0.25) is 0 Å². The van der Waals surface area contributed by atoms with Gasteiger partial charge in [-0.05, 0) is 19.8 Å². The minimum atomic E-state index is 0.359. The topological polar surface area (TPSA) is 12.5 Å². The molecule has 2 heterocycles. The van der Waals surface area contributed by atoms with Gasteiger partial charge in [0.05, 0.1) is 6.10 Å². The highest BCUT2D eigenvalue weighted by molar-refractivity contribution is 5.17. The molecule has 1 unspecified atom stereocenters. The van der Waals surface area contributed by atoms with E-state index in [1.165, 1.54) is 12.0 Å². The Labute approximate surface area is 74.2 Å². The van der Waals surface area contributed by atoms with Gasteiger partial charge in [-0.25, -0.2) is 0 Å². The van der Waals surface area contributed by atoms with Crippen LogP contribution in [0.4, 0.5) is 0 Å². The Morgan fingerprint density at radius 1 is 1.67 bits per heavy atom. The molecule has 68 valence electrons. The molecule has 2 atom stereocenters. The van der Waals surface area contributed by atoms with Crippen molar-refractivity contribution in [3.05, 3.63) is 12.2 Å². The quantitative estimate of drug-likeness (QED) is 0.548. The molecule has 0 aromatic carbocycles. The van der Waals surface area contributed by atoms with Crippen molar-refractivity contribution in [2.45, 2.75) is 31.4 Å². The maximum atomic E-state index is 5.38. The fraction of sp³-hybridized carbons (Fsp3) is 0.800. The van der Waals surface area contributed by atoms with Crippen LogP contribution in [0.2, 0.25) is 0 Å². The first-order valence-corrected chi connectivity index (χ1v) is 4.58. The van der Waals surface area contributed by atoms with E-state index in [0.717, 1.165) is 19.5 Å². The van der Waals surface area contributed by atoms with Crippen LogP contribution in [0.25, 0.3) is 0 Å². The van der Waals surface area contributed by atoms with E-state index in [9.17, 15) is 0 Å². The summed E-state index contributed by atoms with van der Waals surface area (Å²) in [7, 11) is 1.81. The minimum absolute atomic E-state index is 0.359. The van der Waals surface area contributed by atoms with Crippen LogP contribution < -0.4 is 0 Å². The molecule has 0 radical (unpaired) electrons. The SMILES string of the molecule is C=C1CN2CC(OC)C[C@]2(C)C1. The highest BCUT2D eigenvalue weighted by Gasteiger charge is 2.46. The molecule has 0 saturated carbocycles. The summed E-state index contributed by atoms with van der Waals surface area (Å²) in [6.07, 6.45) is 2.78. The Kier molecular flexibility index (Phi) is 1.77. The second-order valence-electron chi connectivity index (χ2n) is 4.37. The lowest BCUT2D eigenvalue weighted by atomic mass is 9.95. The summed E-state index contributed by atoms with van der Waals surface area (Å²) in [6.45, 7) is 8.54. The first-order chi connectivity index (χ1) is 5.64. The van der Waals surface area contributed by atoms with Crippen LogP contribution in [0.15, 0.2) is 12.2 Å². The average molecular weight is 167 g/mol. The highest BCUT2D eigenvalue weighted by atomic mass is 16.5. The number of hydrogen-bond acceptors (Lipinski definition) is 2. The van der Waals surface area contributed by atoms with Crippen molar-refractivity contribution < 1.29 is 4.74 Å². The zero-order chi connectivity index (χ0) is 8.77. The van der Waals surface area contributed by atoms with Gasteiger partial charge in [-0.15, -0.1) is 0 Å². The number of fused-ring (bicyclic) bond motifs is 1. The van der Waals surface area contributed by atoms with E-state index in [-0.39, 0.29) is 0 Å². The Morgan fingerprint density at radius 3 is 3.00 bits per heavy atom. The fourth-order valence-corrected chi connectivity index (χ4v) is 2.61. The zero-order valence-electron chi connectivity index (χ0n) is 7.97. The fourth-order valence-electron chi connectivity index (χ4n) is 2.61. The van der Waals surface area contributed by atoms with Crippen molar-refractivity contribution in [1.29, 1.82) is 0 Å². The van der Waals surface area contributed by atoms with Crippen LogP contribution in [0.1, 0.15) is 19.8 Å². The number of nitrogens with zero attached hydrogens (tertiary/aromatic N) is 1. The van der Waals surface area contributed by atoms with Crippen molar-refractivity contribution >= 4 is 0 Å². The number of ether oxygens (including phenoxy) is 1. The Bertz CT molecular complexity index is 214. The van der Waals surface area contributed by atoms with E-state index in [2.05, 4.69) is 18.4 Å². The van der Waals surface area contributed by atoms with Gasteiger partial charge in [-0.2, -0.15) is 0 Å². The molecule has 0 spiro atoms. The summed E-state index contributed by atoms with van der Waals surface area (Å²) in [5, 5.41) is 0. The van der Waals surface area contributed by atoms with Gasteiger partial charge in [0.1, 0.15) is 0 Å². The third-order valence-corrected chi connectivity index (χ3v) is 3.23. The van der Waals surface area contributed by atoms with Crippen molar-refractivity contribution in [2.24, 2.45) is 0 Å². The number of hydrogen-bond donors (Lipinski definition) is 0. The summed E-state index contributed by atoms with van der Waals surface area (Å²) in [6, 6.07) is 0. The van der Waals surface area contributed by atoms with Crippen LogP contribution in [0.5, 0.6) is 0 Å². The van der Waals surface area contributed by atoms with Crippen LogP contribution in [0, 0.1) is 0 Å². The molecule has 0 aromatic heterocycles.